The lowest BCUT2D eigenvalue weighted by molar-refractivity contribution is -0.138. The maximum Gasteiger partial charge on any atom is 0.416 e. The molecule has 2 fully saturated rings. The maximum absolute atomic E-state index is 13.1. The number of carbonyl (C=O) groups excluding carboxylic acids is 2. The van der Waals surface area contributed by atoms with E-state index in [1.54, 1.807) is 0 Å². The van der Waals surface area contributed by atoms with Crippen LogP contribution in [-0.2, 0) is 30.3 Å². The predicted octanol–water partition coefficient (Wildman–Crippen LogP) is 2.51. The highest BCUT2D eigenvalue weighted by Gasteiger charge is 2.47. The van der Waals surface area contributed by atoms with Crippen molar-refractivity contribution in [3.8, 4) is 0 Å². The van der Waals surface area contributed by atoms with Crippen LogP contribution >= 0.6 is 0 Å². The van der Waals surface area contributed by atoms with Gasteiger partial charge in [-0.25, -0.2) is 8.42 Å². The SMILES string of the molecule is CC1(S(=O)(=O)c2cccc(C(F)(F)F)c2)CCOC(C(=O)NC(C=O)C2CC2)C1. The van der Waals surface area contributed by atoms with E-state index in [1.807, 2.05) is 0 Å². The number of alkyl halides is 3. The third-order valence-corrected chi connectivity index (χ3v) is 8.11. The van der Waals surface area contributed by atoms with E-state index < -0.39 is 49.3 Å². The van der Waals surface area contributed by atoms with Crippen molar-refractivity contribution in [3.05, 3.63) is 29.8 Å². The lowest BCUT2D eigenvalue weighted by Gasteiger charge is -2.37. The number of nitrogens with one attached hydrogen (secondary N) is 1. The summed E-state index contributed by atoms with van der Waals surface area (Å²) in [7, 11) is -4.18. The van der Waals surface area contributed by atoms with Crippen molar-refractivity contribution in [2.24, 2.45) is 5.92 Å². The summed E-state index contributed by atoms with van der Waals surface area (Å²) in [5.74, 6) is -0.501. The molecule has 3 unspecified atom stereocenters. The molecular weight excluding hydrogens is 411 g/mol. The first-order valence-corrected chi connectivity index (χ1v) is 10.8. The Bertz CT molecular complexity index is 897. The highest BCUT2D eigenvalue weighted by molar-refractivity contribution is 7.92. The van der Waals surface area contributed by atoms with E-state index in [2.05, 4.69) is 5.32 Å². The quantitative estimate of drug-likeness (QED) is 0.697. The van der Waals surface area contributed by atoms with Gasteiger partial charge in [0.1, 0.15) is 12.4 Å². The van der Waals surface area contributed by atoms with E-state index in [9.17, 15) is 31.2 Å². The number of sulfone groups is 1. The van der Waals surface area contributed by atoms with Crippen molar-refractivity contribution in [1.82, 2.24) is 5.32 Å². The Balaban J connectivity index is 1.81. The van der Waals surface area contributed by atoms with Crippen LogP contribution < -0.4 is 5.32 Å². The average Bonchev–Trinajstić information content (AvgIpc) is 3.50. The normalized spacial score (nSPS) is 26.6. The molecule has 1 amide bonds. The summed E-state index contributed by atoms with van der Waals surface area (Å²) in [5.41, 5.74) is -1.05. The van der Waals surface area contributed by atoms with E-state index in [4.69, 9.17) is 4.74 Å². The summed E-state index contributed by atoms with van der Waals surface area (Å²) < 4.78 is 69.2. The molecule has 3 rings (SSSR count). The molecule has 1 aromatic rings. The van der Waals surface area contributed by atoms with Crippen molar-refractivity contribution in [2.75, 3.05) is 6.61 Å². The molecule has 1 saturated carbocycles. The number of halogens is 3. The molecule has 0 spiro atoms. The Labute approximate surface area is 166 Å². The fourth-order valence-electron chi connectivity index (χ4n) is 3.48. The smallest absolute Gasteiger partial charge is 0.368 e. The molecule has 1 aromatic carbocycles. The summed E-state index contributed by atoms with van der Waals surface area (Å²) in [6, 6.07) is 2.95. The number of benzene rings is 1. The maximum atomic E-state index is 13.1. The van der Waals surface area contributed by atoms with Gasteiger partial charge in [0.25, 0.3) is 0 Å². The van der Waals surface area contributed by atoms with Gasteiger partial charge in [-0.3, -0.25) is 4.79 Å². The number of amides is 1. The van der Waals surface area contributed by atoms with Crippen LogP contribution in [0.2, 0.25) is 0 Å². The van der Waals surface area contributed by atoms with Gasteiger partial charge < -0.3 is 14.8 Å². The largest absolute Gasteiger partial charge is 0.416 e. The molecule has 1 heterocycles. The molecule has 0 aromatic heterocycles. The highest BCUT2D eigenvalue weighted by atomic mass is 32.2. The molecule has 1 saturated heterocycles. The predicted molar refractivity (Wildman–Crippen MR) is 96.7 cm³/mol. The summed E-state index contributed by atoms with van der Waals surface area (Å²) in [5, 5.41) is 2.58. The Morgan fingerprint density at radius 1 is 1.34 bits per heavy atom. The van der Waals surface area contributed by atoms with E-state index >= 15 is 0 Å². The lowest BCUT2D eigenvalue weighted by atomic mass is 9.96. The zero-order valence-corrected chi connectivity index (χ0v) is 16.6. The molecule has 1 aliphatic carbocycles. The number of ether oxygens (including phenoxy) is 1. The molecule has 29 heavy (non-hydrogen) atoms. The van der Waals surface area contributed by atoms with Crippen LogP contribution in [0.5, 0.6) is 0 Å². The fraction of sp³-hybridized carbons (Fsp3) is 0.579. The molecule has 1 aliphatic heterocycles. The average molecular weight is 433 g/mol. The second-order valence-corrected chi connectivity index (χ2v) is 10.3. The number of carbonyl (C=O) groups is 2. The van der Waals surface area contributed by atoms with Crippen molar-refractivity contribution >= 4 is 22.0 Å². The standard InChI is InChI=1S/C19H22F3NO5S/c1-18(29(26,27)14-4-2-3-13(9-14)19(20,21)22)7-8-28-16(10-18)17(25)23-15(11-24)12-5-6-12/h2-4,9,11-12,15-16H,5-8,10H2,1H3,(H,23,25). The van der Waals surface area contributed by atoms with Gasteiger partial charge in [-0.1, -0.05) is 6.07 Å². The van der Waals surface area contributed by atoms with Crippen LogP contribution in [-0.4, -0.2) is 44.1 Å². The zero-order valence-electron chi connectivity index (χ0n) is 15.7. The Kier molecular flexibility index (Phi) is 5.79. The molecule has 0 radical (unpaired) electrons. The molecule has 3 atom stereocenters. The van der Waals surface area contributed by atoms with Gasteiger partial charge in [-0.2, -0.15) is 13.2 Å². The second-order valence-electron chi connectivity index (χ2n) is 7.80. The molecular formula is C19H22F3NO5S. The number of rotatable bonds is 6. The third-order valence-electron chi connectivity index (χ3n) is 5.57. The number of aldehydes is 1. The minimum absolute atomic E-state index is 0.0368. The Hall–Kier alpha value is -1.94. The van der Waals surface area contributed by atoms with Gasteiger partial charge in [0.2, 0.25) is 5.91 Å². The molecule has 10 heteroatoms. The van der Waals surface area contributed by atoms with Crippen LogP contribution in [0.15, 0.2) is 29.2 Å². The van der Waals surface area contributed by atoms with Gasteiger partial charge in [0, 0.05) is 13.0 Å². The van der Waals surface area contributed by atoms with Gasteiger partial charge in [-0.05, 0) is 50.3 Å². The minimum atomic E-state index is -4.67. The first-order chi connectivity index (χ1) is 13.5. The van der Waals surface area contributed by atoms with E-state index in [1.165, 1.54) is 6.92 Å². The van der Waals surface area contributed by atoms with E-state index in [0.29, 0.717) is 12.4 Å². The first-order valence-electron chi connectivity index (χ1n) is 9.27. The van der Waals surface area contributed by atoms with E-state index in [-0.39, 0.29) is 25.4 Å². The van der Waals surface area contributed by atoms with Crippen LogP contribution in [0.25, 0.3) is 0 Å². The van der Waals surface area contributed by atoms with E-state index in [0.717, 1.165) is 31.0 Å². The van der Waals surface area contributed by atoms with Gasteiger partial charge in [-0.15, -0.1) is 0 Å². The molecule has 1 N–H and O–H groups in total. The van der Waals surface area contributed by atoms with Crippen molar-refractivity contribution in [2.45, 2.75) is 60.6 Å². The van der Waals surface area contributed by atoms with Crippen LogP contribution in [0, 0.1) is 5.92 Å². The zero-order chi connectivity index (χ0) is 21.4. The molecule has 6 nitrogen and oxygen atoms in total. The summed E-state index contributed by atoms with van der Waals surface area (Å²) in [6.45, 7) is 1.37. The minimum Gasteiger partial charge on any atom is -0.368 e. The van der Waals surface area contributed by atoms with Crippen molar-refractivity contribution in [1.29, 1.82) is 0 Å². The summed E-state index contributed by atoms with van der Waals surface area (Å²) in [4.78, 5) is 23.2. The Morgan fingerprint density at radius 3 is 2.62 bits per heavy atom. The van der Waals surface area contributed by atoms with Crippen molar-refractivity contribution in [3.63, 3.8) is 0 Å². The van der Waals surface area contributed by atoms with Gasteiger partial charge in [0.05, 0.1) is 21.2 Å². The Morgan fingerprint density at radius 2 is 2.03 bits per heavy atom. The van der Waals surface area contributed by atoms with Crippen LogP contribution in [0.3, 0.4) is 0 Å². The second kappa shape index (κ2) is 7.71. The third kappa shape index (κ3) is 4.48. The molecule has 0 bridgehead atoms. The fourth-order valence-corrected chi connectivity index (χ4v) is 5.31. The summed E-state index contributed by atoms with van der Waals surface area (Å²) in [6.07, 6.45) is -3.64. The molecule has 160 valence electrons. The number of hydrogen-bond acceptors (Lipinski definition) is 5. The lowest BCUT2D eigenvalue weighted by Crippen LogP contribution is -2.52. The molecule has 2 aliphatic rings. The van der Waals surface area contributed by atoms with Gasteiger partial charge in [0.15, 0.2) is 9.84 Å². The monoisotopic (exact) mass is 433 g/mol. The number of hydrogen-bond donors (Lipinski definition) is 1. The van der Waals surface area contributed by atoms with Crippen LogP contribution in [0.4, 0.5) is 13.2 Å². The van der Waals surface area contributed by atoms with Crippen molar-refractivity contribution < 1.29 is 35.9 Å². The highest BCUT2D eigenvalue weighted by Crippen LogP contribution is 2.39. The summed E-state index contributed by atoms with van der Waals surface area (Å²) >= 11 is 0. The topological polar surface area (TPSA) is 89.5 Å². The first kappa shape index (κ1) is 21.8. The van der Waals surface area contributed by atoms with Crippen LogP contribution in [0.1, 0.15) is 38.2 Å². The van der Waals surface area contributed by atoms with Gasteiger partial charge >= 0.3 is 6.18 Å².